The van der Waals surface area contributed by atoms with Crippen LogP contribution in [0.5, 0.6) is 0 Å². The standard InChI is InChI=1S/C14H19F3N8O.2ClH/c15-14(16,17)9(24-3-1-19-2-4-24)5-20-10(26)6-25-8-23-11-12(18)21-7-22-13(11)25;;/h7-9,19H,1-6H2,(H,20,26)(H2,18,21,22);2*1H. The van der Waals surface area contributed by atoms with Crippen LogP contribution >= 0.6 is 24.8 Å². The Balaban J connectivity index is 0.00000196. The molecule has 2 aromatic heterocycles. The summed E-state index contributed by atoms with van der Waals surface area (Å²) in [6.07, 6.45) is -1.83. The normalized spacial score (nSPS) is 16.1. The summed E-state index contributed by atoms with van der Waals surface area (Å²) in [5, 5.41) is 5.37. The van der Waals surface area contributed by atoms with Crippen molar-refractivity contribution in [2.45, 2.75) is 18.8 Å². The number of hydrogen-bond acceptors (Lipinski definition) is 7. The molecule has 1 amide bonds. The molecular weight excluding hydrogens is 424 g/mol. The Kier molecular flexibility index (Phi) is 8.67. The Labute approximate surface area is 171 Å². The molecule has 4 N–H and O–H groups in total. The summed E-state index contributed by atoms with van der Waals surface area (Å²) in [6.45, 7) is 0.821. The third kappa shape index (κ3) is 5.56. The van der Waals surface area contributed by atoms with Crippen LogP contribution < -0.4 is 16.4 Å². The van der Waals surface area contributed by atoms with Gasteiger partial charge in [0.15, 0.2) is 11.5 Å². The molecule has 0 aromatic carbocycles. The Bertz CT molecular complexity index is 782. The second kappa shape index (κ2) is 10.0. The Hall–Kier alpha value is -1.89. The number of halogens is 5. The second-order valence-corrected chi connectivity index (χ2v) is 5.95. The molecule has 1 unspecified atom stereocenters. The summed E-state index contributed by atoms with van der Waals surface area (Å²) in [5.41, 5.74) is 6.36. The maximum absolute atomic E-state index is 13.3. The molecule has 9 nitrogen and oxygen atoms in total. The van der Waals surface area contributed by atoms with Gasteiger partial charge in [-0.25, -0.2) is 15.0 Å². The molecule has 1 atom stereocenters. The minimum atomic E-state index is -4.42. The molecule has 0 radical (unpaired) electrons. The molecule has 3 rings (SSSR count). The van der Waals surface area contributed by atoms with E-state index in [0.29, 0.717) is 24.3 Å². The number of fused-ring (bicyclic) bond motifs is 1. The minimum Gasteiger partial charge on any atom is -0.382 e. The molecule has 3 heterocycles. The number of imidazole rings is 1. The number of hydrogen-bond donors (Lipinski definition) is 3. The van der Waals surface area contributed by atoms with Crippen LogP contribution in [0.1, 0.15) is 0 Å². The summed E-state index contributed by atoms with van der Waals surface area (Å²) in [7, 11) is 0. The maximum atomic E-state index is 13.3. The van der Waals surface area contributed by atoms with Crippen LogP contribution in [-0.2, 0) is 11.3 Å². The number of aromatic nitrogens is 4. The Morgan fingerprint density at radius 2 is 1.93 bits per heavy atom. The van der Waals surface area contributed by atoms with Gasteiger partial charge < -0.3 is 20.9 Å². The van der Waals surface area contributed by atoms with Crippen molar-refractivity contribution in [3.05, 3.63) is 12.7 Å². The minimum absolute atomic E-state index is 0. The predicted octanol–water partition coefficient (Wildman–Crippen LogP) is 0.204. The Morgan fingerprint density at radius 3 is 2.57 bits per heavy atom. The molecule has 1 fully saturated rings. The number of anilines is 1. The van der Waals surface area contributed by atoms with Gasteiger partial charge in [-0.05, 0) is 0 Å². The van der Waals surface area contributed by atoms with Gasteiger partial charge >= 0.3 is 6.18 Å². The fourth-order valence-corrected chi connectivity index (χ4v) is 2.88. The van der Waals surface area contributed by atoms with Crippen molar-refractivity contribution in [1.82, 2.24) is 35.1 Å². The lowest BCUT2D eigenvalue weighted by Gasteiger charge is -2.35. The maximum Gasteiger partial charge on any atom is 0.405 e. The number of nitrogens with zero attached hydrogens (tertiary/aromatic N) is 5. The summed E-state index contributed by atoms with van der Waals surface area (Å²) >= 11 is 0. The second-order valence-electron chi connectivity index (χ2n) is 5.95. The van der Waals surface area contributed by atoms with Crippen LogP contribution in [0.2, 0.25) is 0 Å². The highest BCUT2D eigenvalue weighted by Crippen LogP contribution is 2.24. The lowest BCUT2D eigenvalue weighted by atomic mass is 10.2. The van der Waals surface area contributed by atoms with E-state index in [1.807, 2.05) is 0 Å². The highest BCUT2D eigenvalue weighted by atomic mass is 35.5. The van der Waals surface area contributed by atoms with E-state index in [4.69, 9.17) is 5.73 Å². The molecule has 1 aliphatic rings. The molecular formula is C14H21Cl2F3N8O. The molecule has 1 saturated heterocycles. The summed E-state index contributed by atoms with van der Waals surface area (Å²) in [4.78, 5) is 25.3. The topological polar surface area (TPSA) is 114 Å². The first-order valence-corrected chi connectivity index (χ1v) is 8.05. The molecule has 2 aromatic rings. The zero-order chi connectivity index (χ0) is 18.7. The zero-order valence-corrected chi connectivity index (χ0v) is 16.3. The van der Waals surface area contributed by atoms with Gasteiger partial charge in [0.25, 0.3) is 0 Å². The number of amides is 1. The molecule has 158 valence electrons. The third-order valence-electron chi connectivity index (χ3n) is 4.21. The first-order chi connectivity index (χ1) is 12.4. The number of nitrogens with one attached hydrogen (secondary N) is 2. The highest BCUT2D eigenvalue weighted by molar-refractivity contribution is 5.85. The van der Waals surface area contributed by atoms with Gasteiger partial charge in [0.2, 0.25) is 5.91 Å². The number of alkyl halides is 3. The van der Waals surface area contributed by atoms with Crippen LogP contribution in [0, 0.1) is 0 Å². The third-order valence-corrected chi connectivity index (χ3v) is 4.21. The molecule has 14 heteroatoms. The first-order valence-electron chi connectivity index (χ1n) is 8.05. The van der Waals surface area contributed by atoms with Crippen molar-refractivity contribution in [3.63, 3.8) is 0 Å². The van der Waals surface area contributed by atoms with E-state index in [1.165, 1.54) is 22.1 Å². The number of rotatable bonds is 5. The van der Waals surface area contributed by atoms with E-state index in [9.17, 15) is 18.0 Å². The van der Waals surface area contributed by atoms with Gasteiger partial charge in [0.05, 0.1) is 6.33 Å². The van der Waals surface area contributed by atoms with Gasteiger partial charge in [-0.3, -0.25) is 9.69 Å². The number of nitrogens with two attached hydrogens (primary N) is 1. The van der Waals surface area contributed by atoms with Crippen molar-refractivity contribution in [1.29, 1.82) is 0 Å². The van der Waals surface area contributed by atoms with Crippen molar-refractivity contribution in [3.8, 4) is 0 Å². The van der Waals surface area contributed by atoms with E-state index in [-0.39, 0.29) is 50.3 Å². The number of carbonyl (C=O) groups excluding carboxylic acids is 1. The molecule has 0 spiro atoms. The van der Waals surface area contributed by atoms with Crippen molar-refractivity contribution in [2.24, 2.45) is 0 Å². The van der Waals surface area contributed by atoms with Crippen LogP contribution in [-0.4, -0.2) is 75.3 Å². The molecule has 28 heavy (non-hydrogen) atoms. The fraction of sp³-hybridized carbons (Fsp3) is 0.571. The van der Waals surface area contributed by atoms with Gasteiger partial charge in [-0.1, -0.05) is 0 Å². The van der Waals surface area contributed by atoms with Crippen LogP contribution in [0.25, 0.3) is 11.2 Å². The fourth-order valence-electron chi connectivity index (χ4n) is 2.88. The summed E-state index contributed by atoms with van der Waals surface area (Å²) in [5.74, 6) is -0.393. The van der Waals surface area contributed by atoms with Crippen LogP contribution in [0.15, 0.2) is 12.7 Å². The van der Waals surface area contributed by atoms with Gasteiger partial charge in [-0.2, -0.15) is 13.2 Å². The van der Waals surface area contributed by atoms with Gasteiger partial charge in [-0.15, -0.1) is 24.8 Å². The first kappa shape index (κ1) is 24.1. The lowest BCUT2D eigenvalue weighted by molar-refractivity contribution is -0.184. The van der Waals surface area contributed by atoms with Gasteiger partial charge in [0.1, 0.15) is 24.4 Å². The Morgan fingerprint density at radius 1 is 1.25 bits per heavy atom. The average Bonchev–Trinajstić information content (AvgIpc) is 2.99. The average molecular weight is 445 g/mol. The number of piperazine rings is 1. The number of carbonyl (C=O) groups is 1. The van der Waals surface area contributed by atoms with Crippen molar-refractivity contribution >= 4 is 47.7 Å². The number of nitrogen functional groups attached to an aromatic ring is 1. The van der Waals surface area contributed by atoms with Crippen LogP contribution in [0.3, 0.4) is 0 Å². The molecule has 0 saturated carbocycles. The van der Waals surface area contributed by atoms with Gasteiger partial charge in [0, 0.05) is 32.7 Å². The quantitative estimate of drug-likeness (QED) is 0.603. The van der Waals surface area contributed by atoms with E-state index in [0.717, 1.165) is 0 Å². The predicted molar refractivity (Wildman–Crippen MR) is 102 cm³/mol. The molecule has 0 bridgehead atoms. The van der Waals surface area contributed by atoms with Crippen LogP contribution in [0.4, 0.5) is 19.0 Å². The summed E-state index contributed by atoms with van der Waals surface area (Å²) < 4.78 is 41.4. The van der Waals surface area contributed by atoms with E-state index >= 15 is 0 Å². The SMILES string of the molecule is Cl.Cl.Nc1ncnc2c1ncn2CC(=O)NCC(N1CCNCC1)C(F)(F)F. The van der Waals surface area contributed by atoms with E-state index < -0.39 is 24.7 Å². The zero-order valence-electron chi connectivity index (χ0n) is 14.6. The van der Waals surface area contributed by atoms with Crippen molar-refractivity contribution in [2.75, 3.05) is 38.5 Å². The monoisotopic (exact) mass is 444 g/mol. The lowest BCUT2D eigenvalue weighted by Crippen LogP contribution is -2.57. The molecule has 1 aliphatic heterocycles. The van der Waals surface area contributed by atoms with E-state index in [1.54, 1.807) is 0 Å². The largest absolute Gasteiger partial charge is 0.405 e. The van der Waals surface area contributed by atoms with E-state index in [2.05, 4.69) is 25.6 Å². The smallest absolute Gasteiger partial charge is 0.382 e. The molecule has 0 aliphatic carbocycles. The summed E-state index contributed by atoms with van der Waals surface area (Å²) in [6, 6.07) is -1.72. The highest BCUT2D eigenvalue weighted by Gasteiger charge is 2.43. The van der Waals surface area contributed by atoms with Crippen molar-refractivity contribution < 1.29 is 18.0 Å².